The Morgan fingerprint density at radius 2 is 2.15 bits per heavy atom. The summed E-state index contributed by atoms with van der Waals surface area (Å²) in [7, 11) is -3.29. The average molecular weight is 318 g/mol. The van der Waals surface area contributed by atoms with Crippen LogP contribution >= 0.6 is 11.6 Å². The van der Waals surface area contributed by atoms with Crippen LogP contribution in [0.2, 0.25) is 5.02 Å². The molecule has 0 heterocycles. The van der Waals surface area contributed by atoms with Crippen LogP contribution < -0.4 is 5.32 Å². The van der Waals surface area contributed by atoms with Crippen LogP contribution in [0.15, 0.2) is 23.1 Å². The predicted octanol–water partition coefficient (Wildman–Crippen LogP) is 1.99. The molecule has 20 heavy (non-hydrogen) atoms. The second-order valence-corrected chi connectivity index (χ2v) is 7.74. The third-order valence-corrected chi connectivity index (χ3v) is 5.45. The van der Waals surface area contributed by atoms with Gasteiger partial charge < -0.3 is 10.4 Å². The minimum atomic E-state index is -3.29. The fourth-order valence-electron chi connectivity index (χ4n) is 2.82. The summed E-state index contributed by atoms with van der Waals surface area (Å²) in [6.07, 6.45) is 4.29. The Hall–Kier alpha value is -0.620. The molecule has 2 atom stereocenters. The van der Waals surface area contributed by atoms with E-state index >= 15 is 0 Å². The molecule has 1 saturated carbocycles. The Labute approximate surface area is 125 Å². The van der Waals surface area contributed by atoms with E-state index in [-0.39, 0.29) is 23.5 Å². The lowest BCUT2D eigenvalue weighted by molar-refractivity contribution is 0.205. The van der Waals surface area contributed by atoms with E-state index in [4.69, 9.17) is 11.6 Å². The van der Waals surface area contributed by atoms with Crippen molar-refractivity contribution in [1.29, 1.82) is 0 Å². The van der Waals surface area contributed by atoms with Gasteiger partial charge >= 0.3 is 0 Å². The van der Waals surface area contributed by atoms with Crippen LogP contribution in [0.25, 0.3) is 0 Å². The van der Waals surface area contributed by atoms with Crippen LogP contribution in [0.1, 0.15) is 24.8 Å². The molecular formula is C14H20ClNO3S. The fraction of sp³-hybridized carbons (Fsp3) is 0.571. The highest BCUT2D eigenvalue weighted by Gasteiger charge is 2.26. The Morgan fingerprint density at radius 1 is 1.40 bits per heavy atom. The molecule has 112 valence electrons. The van der Waals surface area contributed by atoms with Gasteiger partial charge in [-0.15, -0.1) is 0 Å². The first-order chi connectivity index (χ1) is 9.43. The average Bonchev–Trinajstić information content (AvgIpc) is 2.83. The highest BCUT2D eigenvalue weighted by Crippen LogP contribution is 2.28. The van der Waals surface area contributed by atoms with Crippen molar-refractivity contribution in [3.05, 3.63) is 28.8 Å². The van der Waals surface area contributed by atoms with Crippen molar-refractivity contribution in [3.8, 4) is 0 Å². The van der Waals surface area contributed by atoms with E-state index < -0.39 is 9.84 Å². The SMILES string of the molecule is CS(=O)(=O)c1cccc(Cl)c1CNC1CCCC1CO. The Bertz CT molecular complexity index is 574. The lowest BCUT2D eigenvalue weighted by Crippen LogP contribution is -2.34. The van der Waals surface area contributed by atoms with Crippen molar-refractivity contribution >= 4 is 21.4 Å². The van der Waals surface area contributed by atoms with Gasteiger partial charge in [0.25, 0.3) is 0 Å². The smallest absolute Gasteiger partial charge is 0.175 e. The summed E-state index contributed by atoms with van der Waals surface area (Å²) >= 11 is 6.14. The van der Waals surface area contributed by atoms with Gasteiger partial charge in [0.15, 0.2) is 9.84 Å². The highest BCUT2D eigenvalue weighted by molar-refractivity contribution is 7.90. The molecular weight excluding hydrogens is 298 g/mol. The number of aliphatic hydroxyl groups is 1. The van der Waals surface area contributed by atoms with E-state index in [1.807, 2.05) is 0 Å². The number of hydrogen-bond acceptors (Lipinski definition) is 4. The lowest BCUT2D eigenvalue weighted by atomic mass is 10.0. The first-order valence-corrected chi connectivity index (χ1v) is 9.02. The summed E-state index contributed by atoms with van der Waals surface area (Å²) in [6, 6.07) is 5.15. The number of nitrogens with one attached hydrogen (secondary N) is 1. The fourth-order valence-corrected chi connectivity index (χ4v) is 4.07. The minimum Gasteiger partial charge on any atom is -0.396 e. The van der Waals surface area contributed by atoms with Gasteiger partial charge in [-0.1, -0.05) is 24.1 Å². The van der Waals surface area contributed by atoms with Crippen LogP contribution in [-0.2, 0) is 16.4 Å². The van der Waals surface area contributed by atoms with Gasteiger partial charge in [-0.25, -0.2) is 8.42 Å². The van der Waals surface area contributed by atoms with Gasteiger partial charge in [0.1, 0.15) is 0 Å². The molecule has 0 radical (unpaired) electrons. The molecule has 1 aliphatic rings. The molecule has 2 rings (SSSR count). The van der Waals surface area contributed by atoms with Crippen LogP contribution in [0.4, 0.5) is 0 Å². The highest BCUT2D eigenvalue weighted by atomic mass is 35.5. The summed E-state index contributed by atoms with van der Waals surface area (Å²) in [5.41, 5.74) is 0.611. The van der Waals surface area contributed by atoms with Crippen molar-refractivity contribution in [3.63, 3.8) is 0 Å². The van der Waals surface area contributed by atoms with Gasteiger partial charge in [-0.05, 0) is 30.9 Å². The summed E-state index contributed by atoms with van der Waals surface area (Å²) in [6.45, 7) is 0.572. The molecule has 4 nitrogen and oxygen atoms in total. The molecule has 0 bridgehead atoms. The molecule has 1 aromatic carbocycles. The van der Waals surface area contributed by atoms with E-state index in [2.05, 4.69) is 5.32 Å². The number of sulfone groups is 1. The van der Waals surface area contributed by atoms with Crippen molar-refractivity contribution in [1.82, 2.24) is 5.32 Å². The van der Waals surface area contributed by atoms with Gasteiger partial charge in [-0.2, -0.15) is 0 Å². The number of benzene rings is 1. The maximum absolute atomic E-state index is 11.8. The summed E-state index contributed by atoms with van der Waals surface area (Å²) < 4.78 is 23.6. The van der Waals surface area contributed by atoms with Crippen LogP contribution in [0.5, 0.6) is 0 Å². The summed E-state index contributed by atoms with van der Waals surface area (Å²) in [4.78, 5) is 0.274. The molecule has 1 aromatic rings. The van der Waals surface area contributed by atoms with Crippen molar-refractivity contribution in [2.75, 3.05) is 12.9 Å². The number of hydrogen-bond donors (Lipinski definition) is 2. The first kappa shape index (κ1) is 15.8. The van der Waals surface area contributed by atoms with Crippen molar-refractivity contribution in [2.24, 2.45) is 5.92 Å². The van der Waals surface area contributed by atoms with Gasteiger partial charge in [0.2, 0.25) is 0 Å². The topological polar surface area (TPSA) is 66.4 Å². The second-order valence-electron chi connectivity index (χ2n) is 5.35. The van der Waals surface area contributed by atoms with E-state index in [0.717, 1.165) is 19.3 Å². The van der Waals surface area contributed by atoms with Gasteiger partial charge in [0, 0.05) is 36.0 Å². The molecule has 0 aliphatic heterocycles. The van der Waals surface area contributed by atoms with E-state index in [0.29, 0.717) is 17.1 Å². The third-order valence-electron chi connectivity index (χ3n) is 3.91. The van der Waals surface area contributed by atoms with Crippen LogP contribution in [0.3, 0.4) is 0 Å². The largest absolute Gasteiger partial charge is 0.396 e. The van der Waals surface area contributed by atoms with Crippen molar-refractivity contribution < 1.29 is 13.5 Å². The second kappa shape index (κ2) is 6.43. The molecule has 6 heteroatoms. The minimum absolute atomic E-state index is 0.166. The van der Waals surface area contributed by atoms with E-state index in [9.17, 15) is 13.5 Å². The normalized spacial score (nSPS) is 23.1. The van der Waals surface area contributed by atoms with Gasteiger partial charge in [0.05, 0.1) is 4.90 Å². The predicted molar refractivity (Wildman–Crippen MR) is 79.6 cm³/mol. The molecule has 2 unspecified atom stereocenters. The zero-order chi connectivity index (χ0) is 14.8. The van der Waals surface area contributed by atoms with Crippen LogP contribution in [-0.4, -0.2) is 32.4 Å². The Kier molecular flexibility index (Phi) is 5.07. The van der Waals surface area contributed by atoms with E-state index in [1.165, 1.54) is 6.26 Å². The lowest BCUT2D eigenvalue weighted by Gasteiger charge is -2.20. The maximum Gasteiger partial charge on any atom is 0.175 e. The molecule has 2 N–H and O–H groups in total. The maximum atomic E-state index is 11.8. The first-order valence-electron chi connectivity index (χ1n) is 6.75. The molecule has 0 aromatic heterocycles. The molecule has 1 fully saturated rings. The molecule has 0 saturated heterocycles. The Balaban J connectivity index is 2.17. The summed E-state index contributed by atoms with van der Waals surface area (Å²) in [5, 5.41) is 13.1. The number of aliphatic hydroxyl groups excluding tert-OH is 1. The van der Waals surface area contributed by atoms with Crippen LogP contribution in [0, 0.1) is 5.92 Å². The zero-order valence-electron chi connectivity index (χ0n) is 11.5. The quantitative estimate of drug-likeness (QED) is 0.871. The Morgan fingerprint density at radius 3 is 2.80 bits per heavy atom. The molecule has 0 amide bonds. The third kappa shape index (κ3) is 3.52. The zero-order valence-corrected chi connectivity index (χ0v) is 13.0. The standard InChI is InChI=1S/C14H20ClNO3S/c1-20(18,19)14-7-3-5-12(15)11(14)8-16-13-6-2-4-10(13)9-17/h3,5,7,10,13,16-17H,2,4,6,8-9H2,1H3. The summed E-state index contributed by atoms with van der Waals surface area (Å²) in [5.74, 6) is 0.249. The monoisotopic (exact) mass is 317 g/mol. The van der Waals surface area contributed by atoms with E-state index in [1.54, 1.807) is 18.2 Å². The van der Waals surface area contributed by atoms with Gasteiger partial charge in [-0.3, -0.25) is 0 Å². The number of rotatable bonds is 5. The molecule has 0 spiro atoms. The number of halogens is 1. The molecule has 1 aliphatic carbocycles. The van der Waals surface area contributed by atoms with Crippen molar-refractivity contribution in [2.45, 2.75) is 36.7 Å².